The van der Waals surface area contributed by atoms with Crippen LogP contribution in [-0.2, 0) is 6.42 Å². The van der Waals surface area contributed by atoms with E-state index in [1.807, 2.05) is 0 Å². The highest BCUT2D eigenvalue weighted by Crippen LogP contribution is 2.32. The van der Waals surface area contributed by atoms with E-state index in [4.69, 9.17) is 0 Å². The molecule has 4 rings (SSSR count). The van der Waals surface area contributed by atoms with Gasteiger partial charge in [0.1, 0.15) is 16.9 Å². The molecular weight excluding hydrogens is 401 g/mol. The van der Waals surface area contributed by atoms with Crippen molar-refractivity contribution in [3.8, 4) is 5.75 Å². The molecule has 0 radical (unpaired) electrons. The van der Waals surface area contributed by atoms with E-state index >= 15 is 0 Å². The summed E-state index contributed by atoms with van der Waals surface area (Å²) < 4.78 is 13.2. The molecule has 0 unspecified atom stereocenters. The standard InChI is InChI=1S/C23H16FN3O4/c24-15-3-1-13(2-4-15)9-14-10-17-18(22(29)27-16-5-7-25-8-6-16)11-19(23(30)31)21(28)20(17)26-12-14/h1-8,10-12,28H,9H2,(H,30,31)(H,25,27,29). The lowest BCUT2D eigenvalue weighted by Gasteiger charge is -2.12. The number of rotatable bonds is 5. The zero-order chi connectivity index (χ0) is 22.0. The van der Waals surface area contributed by atoms with Crippen molar-refractivity contribution >= 4 is 28.5 Å². The Balaban J connectivity index is 1.81. The summed E-state index contributed by atoms with van der Waals surface area (Å²) in [5.74, 6) is -2.80. The van der Waals surface area contributed by atoms with Gasteiger partial charge in [0.15, 0.2) is 5.75 Å². The van der Waals surface area contributed by atoms with Crippen LogP contribution < -0.4 is 5.32 Å². The third-order valence-corrected chi connectivity index (χ3v) is 4.74. The number of carbonyl (C=O) groups excluding carboxylic acids is 1. The molecule has 4 aromatic rings. The van der Waals surface area contributed by atoms with E-state index in [-0.39, 0.29) is 16.9 Å². The molecule has 0 atom stereocenters. The van der Waals surface area contributed by atoms with Crippen LogP contribution in [0.25, 0.3) is 10.9 Å². The Morgan fingerprint density at radius 3 is 2.35 bits per heavy atom. The molecule has 2 aromatic carbocycles. The highest BCUT2D eigenvalue weighted by Gasteiger charge is 2.21. The van der Waals surface area contributed by atoms with E-state index in [9.17, 15) is 24.2 Å². The SMILES string of the molecule is O=C(O)c1cc(C(=O)Nc2ccncc2)c2cc(Cc3ccc(F)cc3)cnc2c1O. The maximum absolute atomic E-state index is 13.2. The number of carboxylic acid groups (broad SMARTS) is 1. The van der Waals surface area contributed by atoms with Gasteiger partial charge in [0.05, 0.1) is 5.56 Å². The second-order valence-electron chi connectivity index (χ2n) is 6.86. The van der Waals surface area contributed by atoms with Crippen molar-refractivity contribution in [1.82, 2.24) is 9.97 Å². The number of carbonyl (C=O) groups is 2. The lowest BCUT2D eigenvalue weighted by molar-refractivity contribution is 0.0694. The molecule has 31 heavy (non-hydrogen) atoms. The fourth-order valence-electron chi connectivity index (χ4n) is 3.24. The van der Waals surface area contributed by atoms with Crippen LogP contribution >= 0.6 is 0 Å². The monoisotopic (exact) mass is 417 g/mol. The summed E-state index contributed by atoms with van der Waals surface area (Å²) in [6, 6.07) is 12.0. The third kappa shape index (κ3) is 4.18. The zero-order valence-electron chi connectivity index (χ0n) is 16.0. The first-order valence-electron chi connectivity index (χ1n) is 9.26. The molecule has 8 heteroatoms. The van der Waals surface area contributed by atoms with Crippen molar-refractivity contribution in [3.63, 3.8) is 0 Å². The van der Waals surface area contributed by atoms with Crippen molar-refractivity contribution < 1.29 is 24.2 Å². The molecule has 154 valence electrons. The molecule has 0 saturated heterocycles. The van der Waals surface area contributed by atoms with E-state index < -0.39 is 23.2 Å². The van der Waals surface area contributed by atoms with Crippen LogP contribution in [-0.4, -0.2) is 32.1 Å². The van der Waals surface area contributed by atoms with E-state index in [0.717, 1.165) is 11.6 Å². The Morgan fingerprint density at radius 2 is 1.68 bits per heavy atom. The smallest absolute Gasteiger partial charge is 0.339 e. The minimum absolute atomic E-state index is 0.00244. The molecule has 0 aliphatic rings. The van der Waals surface area contributed by atoms with Gasteiger partial charge < -0.3 is 15.5 Å². The topological polar surface area (TPSA) is 112 Å². The number of phenols is 1. The number of fused-ring (bicyclic) bond motifs is 1. The van der Waals surface area contributed by atoms with Crippen LogP contribution in [0.15, 0.2) is 67.1 Å². The fraction of sp³-hybridized carbons (Fsp3) is 0.0435. The number of aromatic carboxylic acids is 1. The third-order valence-electron chi connectivity index (χ3n) is 4.74. The number of hydrogen-bond donors (Lipinski definition) is 3. The van der Waals surface area contributed by atoms with Gasteiger partial charge in [0, 0.05) is 29.7 Å². The number of benzene rings is 2. The molecule has 0 bridgehead atoms. The van der Waals surface area contributed by atoms with Crippen LogP contribution in [0, 0.1) is 5.82 Å². The molecule has 3 N–H and O–H groups in total. The van der Waals surface area contributed by atoms with Crippen LogP contribution in [0.5, 0.6) is 5.75 Å². The number of aromatic hydroxyl groups is 1. The highest BCUT2D eigenvalue weighted by molar-refractivity contribution is 6.15. The second-order valence-corrected chi connectivity index (χ2v) is 6.86. The normalized spacial score (nSPS) is 10.7. The van der Waals surface area contributed by atoms with Gasteiger partial charge in [-0.2, -0.15) is 0 Å². The van der Waals surface area contributed by atoms with Crippen LogP contribution in [0.1, 0.15) is 31.8 Å². The number of hydrogen-bond acceptors (Lipinski definition) is 5. The maximum atomic E-state index is 13.2. The number of halogens is 1. The first-order valence-corrected chi connectivity index (χ1v) is 9.26. The molecule has 2 aromatic heterocycles. The molecule has 2 heterocycles. The van der Waals surface area contributed by atoms with Crippen molar-refractivity contribution in [1.29, 1.82) is 0 Å². The molecule has 0 spiro atoms. The Kier molecular flexibility index (Phi) is 5.28. The summed E-state index contributed by atoms with van der Waals surface area (Å²) in [4.78, 5) is 32.6. The molecular formula is C23H16FN3O4. The largest absolute Gasteiger partial charge is 0.505 e. The minimum atomic E-state index is -1.38. The predicted octanol–water partition coefficient (Wildman–Crippen LogP) is 4.02. The van der Waals surface area contributed by atoms with Crippen LogP contribution in [0.4, 0.5) is 10.1 Å². The molecule has 0 saturated carbocycles. The van der Waals surface area contributed by atoms with Gasteiger partial charge in [-0.1, -0.05) is 12.1 Å². The number of carboxylic acids is 1. The number of nitrogens with one attached hydrogen (secondary N) is 1. The maximum Gasteiger partial charge on any atom is 0.339 e. The molecule has 0 fully saturated rings. The lowest BCUT2D eigenvalue weighted by Crippen LogP contribution is -2.14. The molecule has 0 aliphatic heterocycles. The fourth-order valence-corrected chi connectivity index (χ4v) is 3.24. The highest BCUT2D eigenvalue weighted by atomic mass is 19.1. The van der Waals surface area contributed by atoms with Gasteiger partial charge >= 0.3 is 5.97 Å². The van der Waals surface area contributed by atoms with Crippen molar-refractivity contribution in [2.24, 2.45) is 0 Å². The van der Waals surface area contributed by atoms with Crippen LogP contribution in [0.2, 0.25) is 0 Å². The Morgan fingerprint density at radius 1 is 0.968 bits per heavy atom. The summed E-state index contributed by atoms with van der Waals surface area (Å²) in [6.45, 7) is 0. The summed E-state index contributed by atoms with van der Waals surface area (Å²) >= 11 is 0. The summed E-state index contributed by atoms with van der Waals surface area (Å²) in [6.07, 6.45) is 4.92. The van der Waals surface area contributed by atoms with Gasteiger partial charge in [-0.3, -0.25) is 14.8 Å². The van der Waals surface area contributed by atoms with Crippen molar-refractivity contribution in [3.05, 3.63) is 95.2 Å². The lowest BCUT2D eigenvalue weighted by atomic mass is 9.98. The predicted molar refractivity (Wildman–Crippen MR) is 112 cm³/mol. The molecule has 0 aliphatic carbocycles. The van der Waals surface area contributed by atoms with Gasteiger partial charge in [0.2, 0.25) is 0 Å². The van der Waals surface area contributed by atoms with Gasteiger partial charge in [-0.05, 0) is 53.9 Å². The summed E-state index contributed by atoms with van der Waals surface area (Å²) in [5, 5.41) is 22.8. The zero-order valence-corrected chi connectivity index (χ0v) is 16.0. The minimum Gasteiger partial charge on any atom is -0.505 e. The van der Waals surface area contributed by atoms with Gasteiger partial charge in [0.25, 0.3) is 5.91 Å². The Labute approximate surface area is 175 Å². The summed E-state index contributed by atoms with van der Waals surface area (Å²) in [5.41, 5.74) is 1.65. The second kappa shape index (κ2) is 8.19. The average molecular weight is 417 g/mol. The number of anilines is 1. The van der Waals surface area contributed by atoms with E-state index in [1.165, 1.54) is 30.7 Å². The number of pyridine rings is 2. The Hall–Kier alpha value is -4.33. The van der Waals surface area contributed by atoms with E-state index in [0.29, 0.717) is 23.1 Å². The van der Waals surface area contributed by atoms with Crippen LogP contribution in [0.3, 0.4) is 0 Å². The molecule has 7 nitrogen and oxygen atoms in total. The summed E-state index contributed by atoms with van der Waals surface area (Å²) in [7, 11) is 0. The van der Waals surface area contributed by atoms with Crippen molar-refractivity contribution in [2.75, 3.05) is 5.32 Å². The number of nitrogens with zero attached hydrogens (tertiary/aromatic N) is 2. The Bertz CT molecular complexity index is 1290. The van der Waals surface area contributed by atoms with Gasteiger partial charge in [-0.15, -0.1) is 0 Å². The van der Waals surface area contributed by atoms with Gasteiger partial charge in [-0.25, -0.2) is 9.18 Å². The van der Waals surface area contributed by atoms with Crippen molar-refractivity contribution in [2.45, 2.75) is 6.42 Å². The first kappa shape index (κ1) is 20.0. The molecule has 1 amide bonds. The average Bonchev–Trinajstić information content (AvgIpc) is 2.76. The van der Waals surface area contributed by atoms with E-state index in [2.05, 4.69) is 15.3 Å². The van der Waals surface area contributed by atoms with E-state index in [1.54, 1.807) is 30.3 Å². The number of amides is 1. The quantitative estimate of drug-likeness (QED) is 0.452. The first-order chi connectivity index (χ1) is 14.9. The number of aromatic nitrogens is 2.